The van der Waals surface area contributed by atoms with Crippen LogP contribution in [0.25, 0.3) is 0 Å². The van der Waals surface area contributed by atoms with Gasteiger partial charge in [-0.3, -0.25) is 0 Å². The fraction of sp³-hybridized carbons (Fsp3) is 0.111. The summed E-state index contributed by atoms with van der Waals surface area (Å²) < 4.78 is 38.4. The van der Waals surface area contributed by atoms with Crippen LogP contribution in [-0.2, 0) is 11.8 Å². The third-order valence-electron chi connectivity index (χ3n) is 3.87. The van der Waals surface area contributed by atoms with Crippen molar-refractivity contribution in [3.05, 3.63) is 94.5 Å². The molecule has 0 aliphatic heterocycles. The third-order valence-corrected chi connectivity index (χ3v) is 4.12. The van der Waals surface area contributed by atoms with Crippen LogP contribution >= 0.6 is 11.6 Å². The van der Waals surface area contributed by atoms with Crippen LogP contribution in [0.1, 0.15) is 22.3 Å². The molecule has 3 rings (SSSR count). The number of nitrogens with zero attached hydrogens (tertiary/aromatic N) is 2. The molecule has 1 aromatic heterocycles. The number of benzene rings is 2. The van der Waals surface area contributed by atoms with Gasteiger partial charge in [0.25, 0.3) is 0 Å². The van der Waals surface area contributed by atoms with E-state index in [4.69, 9.17) is 11.6 Å². The van der Waals surface area contributed by atoms with E-state index >= 15 is 0 Å². The van der Waals surface area contributed by atoms with Crippen LogP contribution in [0.2, 0.25) is 5.02 Å². The molecular weight excluding hydrogens is 353 g/mol. The fourth-order valence-electron chi connectivity index (χ4n) is 2.58. The lowest BCUT2D eigenvalue weighted by molar-refractivity contribution is -0.137. The molecular formula is C18H12ClF3N2O. The molecule has 0 amide bonds. The Hall–Kier alpha value is -2.44. The Balaban J connectivity index is 2.16. The van der Waals surface area contributed by atoms with Gasteiger partial charge in [-0.05, 0) is 35.4 Å². The van der Waals surface area contributed by atoms with Crippen molar-refractivity contribution >= 4 is 11.6 Å². The minimum absolute atomic E-state index is 0.262. The number of aromatic nitrogens is 2. The van der Waals surface area contributed by atoms with Gasteiger partial charge in [0.05, 0.1) is 5.56 Å². The van der Waals surface area contributed by atoms with Gasteiger partial charge in [0, 0.05) is 23.0 Å². The van der Waals surface area contributed by atoms with Gasteiger partial charge in [0.2, 0.25) is 0 Å². The zero-order valence-corrected chi connectivity index (χ0v) is 13.5. The maximum atomic E-state index is 12.8. The molecule has 0 aliphatic carbocycles. The molecule has 0 aliphatic rings. The van der Waals surface area contributed by atoms with Crippen molar-refractivity contribution < 1.29 is 18.3 Å². The Kier molecular flexibility index (Phi) is 4.49. The van der Waals surface area contributed by atoms with Crippen LogP contribution in [0, 0.1) is 0 Å². The molecule has 0 radical (unpaired) electrons. The summed E-state index contributed by atoms with van der Waals surface area (Å²) in [6.45, 7) is 0. The Labute approximate surface area is 146 Å². The van der Waals surface area contributed by atoms with Gasteiger partial charge >= 0.3 is 6.18 Å². The summed E-state index contributed by atoms with van der Waals surface area (Å²) >= 11 is 5.89. The second-order valence-electron chi connectivity index (χ2n) is 5.42. The molecule has 2 aromatic carbocycles. The lowest BCUT2D eigenvalue weighted by Gasteiger charge is -2.29. The normalized spacial score (nSPS) is 14.1. The van der Waals surface area contributed by atoms with E-state index in [0.29, 0.717) is 16.1 Å². The quantitative estimate of drug-likeness (QED) is 0.747. The minimum atomic E-state index is -4.45. The van der Waals surface area contributed by atoms with Crippen molar-refractivity contribution in [1.29, 1.82) is 0 Å². The van der Waals surface area contributed by atoms with Crippen LogP contribution in [0.5, 0.6) is 0 Å². The predicted octanol–water partition coefficient (Wildman–Crippen LogP) is 4.43. The molecule has 3 nitrogen and oxygen atoms in total. The monoisotopic (exact) mass is 364 g/mol. The van der Waals surface area contributed by atoms with E-state index in [1.54, 1.807) is 24.3 Å². The summed E-state index contributed by atoms with van der Waals surface area (Å²) in [5.41, 5.74) is -1.48. The SMILES string of the molecule is OC(c1ccc(Cl)cc1)(c1ccc(C(F)(F)F)cc1)c1cncnc1. The maximum Gasteiger partial charge on any atom is 0.416 e. The molecule has 1 N–H and O–H groups in total. The second-order valence-corrected chi connectivity index (χ2v) is 5.86. The van der Waals surface area contributed by atoms with Crippen LogP contribution in [-0.4, -0.2) is 15.1 Å². The minimum Gasteiger partial charge on any atom is -0.376 e. The van der Waals surface area contributed by atoms with Gasteiger partial charge in [-0.2, -0.15) is 13.2 Å². The Morgan fingerprint density at radius 3 is 1.64 bits per heavy atom. The molecule has 128 valence electrons. The molecule has 0 saturated heterocycles. The average molecular weight is 365 g/mol. The van der Waals surface area contributed by atoms with Crippen molar-refractivity contribution in [3.8, 4) is 0 Å². The first-order valence-electron chi connectivity index (χ1n) is 7.23. The summed E-state index contributed by atoms with van der Waals surface area (Å²) in [4.78, 5) is 7.80. The Morgan fingerprint density at radius 2 is 1.16 bits per heavy atom. The summed E-state index contributed by atoms with van der Waals surface area (Å²) in [6, 6.07) is 10.7. The highest BCUT2D eigenvalue weighted by Gasteiger charge is 2.36. The Bertz CT molecular complexity index is 852. The largest absolute Gasteiger partial charge is 0.416 e. The van der Waals surface area contributed by atoms with Crippen LogP contribution < -0.4 is 0 Å². The second kappa shape index (κ2) is 6.46. The van der Waals surface area contributed by atoms with E-state index in [9.17, 15) is 18.3 Å². The van der Waals surface area contributed by atoms with Gasteiger partial charge < -0.3 is 5.11 Å². The first kappa shape index (κ1) is 17.4. The Morgan fingerprint density at radius 1 is 0.720 bits per heavy atom. The zero-order chi connectivity index (χ0) is 18.1. The molecule has 1 atom stereocenters. The number of rotatable bonds is 3. The van der Waals surface area contributed by atoms with Gasteiger partial charge in [0.15, 0.2) is 0 Å². The topological polar surface area (TPSA) is 46.0 Å². The van der Waals surface area contributed by atoms with Crippen molar-refractivity contribution in [2.45, 2.75) is 11.8 Å². The number of aliphatic hydroxyl groups is 1. The highest BCUT2D eigenvalue weighted by molar-refractivity contribution is 6.30. The van der Waals surface area contributed by atoms with Gasteiger partial charge in [-0.25, -0.2) is 9.97 Å². The summed E-state index contributed by atoms with van der Waals surface area (Å²) in [6.07, 6.45) is -0.316. The fourth-order valence-corrected chi connectivity index (χ4v) is 2.70. The summed E-state index contributed by atoms with van der Waals surface area (Å²) in [5.74, 6) is 0. The van der Waals surface area contributed by atoms with E-state index in [1.165, 1.54) is 30.9 Å². The standard InChI is InChI=1S/C18H12ClF3N2O/c19-16-7-5-13(6-8-16)17(25,15-9-23-11-24-10-15)12-1-3-14(4-2-12)18(20,21)22/h1-11,25H. The molecule has 0 fully saturated rings. The molecule has 1 unspecified atom stereocenters. The van der Waals surface area contributed by atoms with Gasteiger partial charge in [-0.1, -0.05) is 35.9 Å². The first-order chi connectivity index (χ1) is 11.8. The number of alkyl halides is 3. The molecule has 7 heteroatoms. The van der Waals surface area contributed by atoms with Crippen LogP contribution in [0.4, 0.5) is 13.2 Å². The van der Waals surface area contributed by atoms with E-state index in [-0.39, 0.29) is 5.56 Å². The van der Waals surface area contributed by atoms with Gasteiger partial charge in [-0.15, -0.1) is 0 Å². The molecule has 0 bridgehead atoms. The van der Waals surface area contributed by atoms with E-state index in [2.05, 4.69) is 9.97 Å². The maximum absolute atomic E-state index is 12.8. The number of hydrogen-bond acceptors (Lipinski definition) is 3. The average Bonchev–Trinajstić information content (AvgIpc) is 2.62. The van der Waals surface area contributed by atoms with E-state index < -0.39 is 17.3 Å². The van der Waals surface area contributed by atoms with Crippen LogP contribution in [0.15, 0.2) is 67.3 Å². The van der Waals surface area contributed by atoms with Crippen molar-refractivity contribution in [2.75, 3.05) is 0 Å². The third kappa shape index (κ3) is 3.36. The highest BCUT2D eigenvalue weighted by atomic mass is 35.5. The summed E-state index contributed by atoms with van der Waals surface area (Å²) in [7, 11) is 0. The smallest absolute Gasteiger partial charge is 0.376 e. The highest BCUT2D eigenvalue weighted by Crippen LogP contribution is 2.38. The molecule has 3 aromatic rings. The zero-order valence-electron chi connectivity index (χ0n) is 12.7. The van der Waals surface area contributed by atoms with E-state index in [1.807, 2.05) is 0 Å². The van der Waals surface area contributed by atoms with Crippen molar-refractivity contribution in [2.24, 2.45) is 0 Å². The molecule has 0 saturated carbocycles. The molecule has 0 spiro atoms. The number of halogens is 4. The predicted molar refractivity (Wildman–Crippen MR) is 87.0 cm³/mol. The summed E-state index contributed by atoms with van der Waals surface area (Å²) in [5, 5.41) is 11.9. The van der Waals surface area contributed by atoms with Crippen LogP contribution in [0.3, 0.4) is 0 Å². The number of hydrogen-bond donors (Lipinski definition) is 1. The molecule has 1 heterocycles. The lowest BCUT2D eigenvalue weighted by atomic mass is 9.81. The lowest BCUT2D eigenvalue weighted by Crippen LogP contribution is -2.29. The first-order valence-corrected chi connectivity index (χ1v) is 7.61. The molecule has 25 heavy (non-hydrogen) atoms. The van der Waals surface area contributed by atoms with Gasteiger partial charge in [0.1, 0.15) is 11.9 Å². The van der Waals surface area contributed by atoms with Crippen molar-refractivity contribution in [3.63, 3.8) is 0 Å². The van der Waals surface area contributed by atoms with Crippen molar-refractivity contribution in [1.82, 2.24) is 9.97 Å². The van der Waals surface area contributed by atoms with E-state index in [0.717, 1.165) is 12.1 Å².